The Kier molecular flexibility index (Phi) is 42.5. The Morgan fingerprint density at radius 1 is 0.515 bits per heavy atom. The average Bonchev–Trinajstić information content (AvgIpc) is 3.32. The number of aliphatic hydroxyl groups excluding tert-OH is 7. The maximum absolute atomic E-state index is 13.2. The minimum Gasteiger partial charge on any atom is -0.394 e. The fourth-order valence-corrected chi connectivity index (χ4v) is 8.91. The largest absolute Gasteiger partial charge is 0.394 e. The normalized spacial score (nSPS) is 20.9. The van der Waals surface area contributed by atoms with Crippen LogP contribution < -0.4 is 5.32 Å². The van der Waals surface area contributed by atoms with Crippen molar-refractivity contribution in [1.82, 2.24) is 5.32 Å². The lowest BCUT2D eigenvalue weighted by Gasteiger charge is -2.40. The van der Waals surface area contributed by atoms with Gasteiger partial charge in [0.15, 0.2) is 6.29 Å². The molecule has 11 nitrogen and oxygen atoms in total. The smallest absolute Gasteiger partial charge is 0.249 e. The van der Waals surface area contributed by atoms with Gasteiger partial charge in [0.2, 0.25) is 5.91 Å². The maximum Gasteiger partial charge on any atom is 0.249 e. The van der Waals surface area contributed by atoms with Crippen molar-refractivity contribution >= 4 is 5.91 Å². The number of allylic oxidation sites excluding steroid dienone is 4. The van der Waals surface area contributed by atoms with Crippen LogP contribution in [0, 0.1) is 0 Å². The van der Waals surface area contributed by atoms with Gasteiger partial charge in [-0.05, 0) is 64.2 Å². The van der Waals surface area contributed by atoms with E-state index in [-0.39, 0.29) is 12.8 Å². The second kappa shape index (κ2) is 44.8. The molecule has 66 heavy (non-hydrogen) atoms. The molecule has 1 rings (SSSR count). The van der Waals surface area contributed by atoms with E-state index in [2.05, 4.69) is 43.5 Å². The molecule has 0 radical (unpaired) electrons. The van der Waals surface area contributed by atoms with Crippen molar-refractivity contribution in [1.29, 1.82) is 0 Å². The number of unbranched alkanes of at least 4 members (excludes halogenated alkanes) is 31. The van der Waals surface area contributed by atoms with Crippen molar-refractivity contribution in [3.8, 4) is 0 Å². The summed E-state index contributed by atoms with van der Waals surface area (Å²) in [7, 11) is 0. The van der Waals surface area contributed by atoms with Gasteiger partial charge in [-0.15, -0.1) is 0 Å². The van der Waals surface area contributed by atoms with E-state index in [9.17, 15) is 40.5 Å². The van der Waals surface area contributed by atoms with Crippen LogP contribution in [-0.4, -0.2) is 110 Å². The molecule has 0 aromatic rings. The fourth-order valence-electron chi connectivity index (χ4n) is 8.91. The number of hydrogen-bond donors (Lipinski definition) is 8. The zero-order valence-electron chi connectivity index (χ0n) is 42.4. The molecular weight excluding hydrogens is 835 g/mol. The first-order valence-corrected chi connectivity index (χ1v) is 27.7. The van der Waals surface area contributed by atoms with Crippen LogP contribution in [0.5, 0.6) is 0 Å². The summed E-state index contributed by atoms with van der Waals surface area (Å²) < 4.78 is 11.1. The van der Waals surface area contributed by atoms with Gasteiger partial charge in [0.1, 0.15) is 36.6 Å². The first-order valence-electron chi connectivity index (χ1n) is 27.7. The number of carbonyl (C=O) groups is 1. The third kappa shape index (κ3) is 33.2. The quantitative estimate of drug-likeness (QED) is 0.0215. The van der Waals surface area contributed by atoms with Gasteiger partial charge in [-0.3, -0.25) is 4.79 Å². The molecule has 0 bridgehead atoms. The van der Waals surface area contributed by atoms with E-state index < -0.39 is 74.2 Å². The minimum atomic E-state index is -1.67. The topological polar surface area (TPSA) is 189 Å². The first kappa shape index (κ1) is 62.6. The molecule has 0 aromatic heterocycles. The van der Waals surface area contributed by atoms with E-state index in [1.165, 1.54) is 154 Å². The van der Waals surface area contributed by atoms with E-state index in [1.54, 1.807) is 0 Å². The summed E-state index contributed by atoms with van der Waals surface area (Å²) >= 11 is 0. The Bertz CT molecular complexity index is 1120. The van der Waals surface area contributed by atoms with E-state index >= 15 is 0 Å². The molecule has 0 aromatic carbocycles. The van der Waals surface area contributed by atoms with Crippen LogP contribution in [0.1, 0.15) is 251 Å². The average molecular weight is 940 g/mol. The minimum absolute atomic E-state index is 0.248. The molecule has 0 saturated carbocycles. The van der Waals surface area contributed by atoms with Crippen LogP contribution in [0.25, 0.3) is 0 Å². The predicted molar refractivity (Wildman–Crippen MR) is 270 cm³/mol. The lowest BCUT2D eigenvalue weighted by Crippen LogP contribution is -2.60. The zero-order chi connectivity index (χ0) is 48.3. The third-order valence-corrected chi connectivity index (χ3v) is 13.5. The first-order chi connectivity index (χ1) is 32.2. The summed E-state index contributed by atoms with van der Waals surface area (Å²) in [5.41, 5.74) is 0. The molecule has 0 aliphatic carbocycles. The molecule has 390 valence electrons. The van der Waals surface area contributed by atoms with Crippen molar-refractivity contribution in [2.75, 3.05) is 13.2 Å². The lowest BCUT2D eigenvalue weighted by molar-refractivity contribution is -0.303. The van der Waals surface area contributed by atoms with E-state index in [0.717, 1.165) is 57.8 Å². The monoisotopic (exact) mass is 940 g/mol. The molecular formula is C55H105NO10. The molecule has 1 fully saturated rings. The van der Waals surface area contributed by atoms with Crippen LogP contribution in [0.15, 0.2) is 24.3 Å². The third-order valence-electron chi connectivity index (χ3n) is 13.5. The highest BCUT2D eigenvalue weighted by Crippen LogP contribution is 2.23. The van der Waals surface area contributed by atoms with E-state index in [0.29, 0.717) is 12.8 Å². The number of hydrogen-bond acceptors (Lipinski definition) is 10. The lowest BCUT2D eigenvalue weighted by atomic mass is 9.98. The molecule has 1 amide bonds. The van der Waals surface area contributed by atoms with E-state index in [1.807, 2.05) is 0 Å². The number of nitrogens with one attached hydrogen (secondary N) is 1. The number of carbonyl (C=O) groups excluding carboxylic acids is 1. The van der Waals surface area contributed by atoms with Crippen molar-refractivity contribution in [3.05, 3.63) is 24.3 Å². The molecule has 9 unspecified atom stereocenters. The Morgan fingerprint density at radius 3 is 1.30 bits per heavy atom. The van der Waals surface area contributed by atoms with Crippen LogP contribution in [0.2, 0.25) is 0 Å². The highest BCUT2D eigenvalue weighted by Gasteiger charge is 2.44. The van der Waals surface area contributed by atoms with Gasteiger partial charge in [0, 0.05) is 0 Å². The van der Waals surface area contributed by atoms with Gasteiger partial charge < -0.3 is 50.5 Å². The summed E-state index contributed by atoms with van der Waals surface area (Å²) in [5.74, 6) is -0.709. The molecule has 1 aliphatic rings. The predicted octanol–water partition coefficient (Wildman–Crippen LogP) is 11.0. The van der Waals surface area contributed by atoms with Crippen molar-refractivity contribution in [2.45, 2.75) is 306 Å². The Hall–Kier alpha value is -1.41. The zero-order valence-corrected chi connectivity index (χ0v) is 42.4. The van der Waals surface area contributed by atoms with Crippen LogP contribution in [-0.2, 0) is 14.3 Å². The van der Waals surface area contributed by atoms with Gasteiger partial charge in [-0.25, -0.2) is 0 Å². The van der Waals surface area contributed by atoms with Crippen molar-refractivity contribution in [3.63, 3.8) is 0 Å². The molecule has 8 N–H and O–H groups in total. The number of ether oxygens (including phenoxy) is 2. The second-order valence-corrected chi connectivity index (χ2v) is 19.6. The highest BCUT2D eigenvalue weighted by molar-refractivity contribution is 5.80. The molecule has 1 saturated heterocycles. The maximum atomic E-state index is 13.2. The Labute approximate surface area is 404 Å². The number of amides is 1. The summed E-state index contributed by atoms with van der Waals surface area (Å²) in [6.45, 7) is 3.46. The SMILES string of the molecule is CCCCCCCCCCCCCC/C=C\CCCCCCCCC(O)C(=O)NC(COC1OC(CO)C(O)C(O)C1O)C(O)C(O)CCC/C=C/CCCCCCCCCCCCCC. The van der Waals surface area contributed by atoms with Gasteiger partial charge in [-0.1, -0.05) is 212 Å². The molecule has 9 atom stereocenters. The number of rotatable bonds is 47. The van der Waals surface area contributed by atoms with Crippen LogP contribution in [0.3, 0.4) is 0 Å². The van der Waals surface area contributed by atoms with Gasteiger partial charge in [0.25, 0.3) is 0 Å². The van der Waals surface area contributed by atoms with E-state index in [4.69, 9.17) is 9.47 Å². The summed E-state index contributed by atoms with van der Waals surface area (Å²) in [4.78, 5) is 13.2. The summed E-state index contributed by atoms with van der Waals surface area (Å²) in [6, 6.07) is -1.19. The van der Waals surface area contributed by atoms with Gasteiger partial charge in [-0.2, -0.15) is 0 Å². The summed E-state index contributed by atoms with van der Waals surface area (Å²) in [6.07, 6.45) is 40.9. The van der Waals surface area contributed by atoms with Crippen molar-refractivity contribution in [2.24, 2.45) is 0 Å². The van der Waals surface area contributed by atoms with Crippen molar-refractivity contribution < 1.29 is 50.0 Å². The Morgan fingerprint density at radius 2 is 0.894 bits per heavy atom. The van der Waals surface area contributed by atoms with Crippen LogP contribution >= 0.6 is 0 Å². The number of aliphatic hydroxyl groups is 7. The molecule has 1 heterocycles. The highest BCUT2D eigenvalue weighted by atomic mass is 16.7. The Balaban J connectivity index is 2.36. The standard InChI is InChI=1S/C55H105NO10/c1-3-5-7-9-11-13-15-17-19-21-22-23-24-25-27-29-31-33-35-37-39-41-43-48(59)54(64)56-46(45-65-55-53(63)52(62)51(61)49(44-57)66-55)50(60)47(58)42-40-38-36-34-32-30-28-26-20-18-16-14-12-10-8-6-4-2/h25,27,34,36,46-53,55,57-63H,3-24,26,28-33,35,37-45H2,1-2H3,(H,56,64)/b27-25-,36-34+. The molecule has 1 aliphatic heterocycles. The fraction of sp³-hybridized carbons (Fsp3) is 0.909. The summed E-state index contributed by atoms with van der Waals surface area (Å²) in [5, 5.41) is 76.0. The molecule has 11 heteroatoms. The van der Waals surface area contributed by atoms with Gasteiger partial charge >= 0.3 is 0 Å². The molecule has 0 spiro atoms. The van der Waals surface area contributed by atoms with Gasteiger partial charge in [0.05, 0.1) is 25.4 Å². The van der Waals surface area contributed by atoms with Crippen LogP contribution in [0.4, 0.5) is 0 Å². The second-order valence-electron chi connectivity index (χ2n) is 19.6.